The van der Waals surface area contributed by atoms with Crippen molar-refractivity contribution in [3.63, 3.8) is 0 Å². The van der Waals surface area contributed by atoms with Crippen LogP contribution in [-0.4, -0.2) is 38.0 Å². The molecular weight excluding hydrogens is 597 g/mol. The number of amides is 1. The molecule has 3 atom stereocenters. The van der Waals surface area contributed by atoms with E-state index in [2.05, 4.69) is 106 Å². The Kier molecular flexibility index (Phi) is 11.4. The zero-order chi connectivity index (χ0) is 31.6. The van der Waals surface area contributed by atoms with Crippen molar-refractivity contribution >= 4 is 41.3 Å². The maximum atomic E-state index is 12.2. The maximum absolute atomic E-state index is 12.2. The van der Waals surface area contributed by atoms with Crippen molar-refractivity contribution in [3.05, 3.63) is 93.5 Å². The summed E-state index contributed by atoms with van der Waals surface area (Å²) in [4.78, 5) is 16.8. The third-order valence-corrected chi connectivity index (χ3v) is 11.1. The van der Waals surface area contributed by atoms with Crippen LogP contribution in [0, 0.1) is 11.3 Å². The molecule has 3 aliphatic rings. The second-order valence-electron chi connectivity index (χ2n) is 14.4. The summed E-state index contributed by atoms with van der Waals surface area (Å²) >= 11 is 6.27. The van der Waals surface area contributed by atoms with Gasteiger partial charge in [-0.25, -0.2) is 0 Å². The number of carbonyl (C=O) groups excluding carboxylic acids is 1. The van der Waals surface area contributed by atoms with Gasteiger partial charge in [0.15, 0.2) is 0 Å². The molecular formula is C39H53Cl2N3O. The van der Waals surface area contributed by atoms with Crippen molar-refractivity contribution in [2.75, 3.05) is 32.1 Å². The van der Waals surface area contributed by atoms with Gasteiger partial charge in [0, 0.05) is 28.4 Å². The standard InChI is InChI=1S/C20H29NO.C19H23ClN2.ClH/c1-13(2)14-6-8-16-15(12-14)7-9-17-19(16,3)10-5-11-20(17,4)18(21)22;1-21(2)12-5-13-22-18-7-4-3-6-15(18)8-9-16-10-11-17(20)14-19(16)22;/h6,8,12-13,17H,5,7,9-11H2,1-4H3,(H2,21,22);3-4,6-7,10-11,14H,5,8-9,12-13H2,1-2H3;1H. The number of halogens is 2. The summed E-state index contributed by atoms with van der Waals surface area (Å²) < 4.78 is 0. The molecule has 0 radical (unpaired) electrons. The molecule has 3 aromatic carbocycles. The zero-order valence-electron chi connectivity index (χ0n) is 28.2. The average molecular weight is 651 g/mol. The average Bonchev–Trinajstić information content (AvgIpc) is 3.13. The van der Waals surface area contributed by atoms with Gasteiger partial charge >= 0.3 is 0 Å². The number of nitrogens with zero attached hydrogens (tertiary/aromatic N) is 2. The summed E-state index contributed by atoms with van der Waals surface area (Å²) in [5, 5.41) is 0.816. The number of carbonyl (C=O) groups is 1. The predicted octanol–water partition coefficient (Wildman–Crippen LogP) is 9.26. The number of fused-ring (bicyclic) bond motifs is 5. The summed E-state index contributed by atoms with van der Waals surface area (Å²) in [6.45, 7) is 11.1. The van der Waals surface area contributed by atoms with E-state index in [0.717, 1.165) is 63.1 Å². The number of benzene rings is 3. The van der Waals surface area contributed by atoms with Gasteiger partial charge in [0.25, 0.3) is 0 Å². The Balaban J connectivity index is 0.000000200. The minimum absolute atomic E-state index is 0. The molecule has 0 aromatic heterocycles. The van der Waals surface area contributed by atoms with Gasteiger partial charge in [-0.05, 0) is 129 Å². The lowest BCUT2D eigenvalue weighted by Crippen LogP contribution is -2.54. The highest BCUT2D eigenvalue weighted by molar-refractivity contribution is 6.30. The van der Waals surface area contributed by atoms with Crippen LogP contribution in [0.15, 0.2) is 60.7 Å². The SMILES string of the molecule is CC(C)c1ccc2c(c1)CCC1C(C)(C(N)=O)CCCC21C.CN(C)CCCN1c2ccccc2CCc2ccc(Cl)cc21.Cl. The lowest BCUT2D eigenvalue weighted by molar-refractivity contribution is -0.135. The van der Waals surface area contributed by atoms with Crippen molar-refractivity contribution in [1.29, 1.82) is 0 Å². The molecule has 1 amide bonds. The maximum Gasteiger partial charge on any atom is 0.223 e. The van der Waals surface area contributed by atoms with E-state index in [1.165, 1.54) is 45.6 Å². The zero-order valence-corrected chi connectivity index (χ0v) is 29.7. The Morgan fingerprint density at radius 1 is 0.956 bits per heavy atom. The van der Waals surface area contributed by atoms with Crippen LogP contribution in [0.5, 0.6) is 0 Å². The molecule has 6 rings (SSSR count). The second kappa shape index (κ2) is 14.5. The van der Waals surface area contributed by atoms with Crippen LogP contribution in [0.4, 0.5) is 11.4 Å². The van der Waals surface area contributed by atoms with E-state index in [-0.39, 0.29) is 29.1 Å². The van der Waals surface area contributed by atoms with Crippen molar-refractivity contribution in [2.45, 2.75) is 90.4 Å². The summed E-state index contributed by atoms with van der Waals surface area (Å²) in [6, 6.07) is 22.1. The fraction of sp³-hybridized carbons (Fsp3) is 0.513. The van der Waals surface area contributed by atoms with Gasteiger partial charge in [-0.3, -0.25) is 4.79 Å². The molecule has 6 heteroatoms. The van der Waals surface area contributed by atoms with E-state index < -0.39 is 0 Å². The monoisotopic (exact) mass is 649 g/mol. The number of anilines is 2. The number of primary amides is 1. The van der Waals surface area contributed by atoms with Crippen LogP contribution in [0.1, 0.15) is 93.5 Å². The molecule has 2 aliphatic carbocycles. The highest BCUT2D eigenvalue weighted by atomic mass is 35.5. The van der Waals surface area contributed by atoms with Crippen LogP contribution in [0.2, 0.25) is 5.02 Å². The molecule has 1 saturated carbocycles. The Bertz CT molecular complexity index is 1490. The van der Waals surface area contributed by atoms with E-state index >= 15 is 0 Å². The smallest absolute Gasteiger partial charge is 0.223 e. The van der Waals surface area contributed by atoms with Crippen molar-refractivity contribution in [3.8, 4) is 0 Å². The minimum Gasteiger partial charge on any atom is -0.369 e. The number of nitrogens with two attached hydrogens (primary N) is 1. The quantitative estimate of drug-likeness (QED) is 0.289. The molecule has 1 aliphatic heterocycles. The first kappa shape index (κ1) is 35.3. The van der Waals surface area contributed by atoms with Crippen molar-refractivity contribution in [1.82, 2.24) is 4.90 Å². The first-order valence-electron chi connectivity index (χ1n) is 16.7. The van der Waals surface area contributed by atoms with Crippen molar-refractivity contribution < 1.29 is 4.79 Å². The van der Waals surface area contributed by atoms with Crippen molar-refractivity contribution in [2.24, 2.45) is 17.1 Å². The van der Waals surface area contributed by atoms with E-state index in [1.807, 2.05) is 6.07 Å². The van der Waals surface area contributed by atoms with Gasteiger partial charge in [-0.15, -0.1) is 12.4 Å². The third kappa shape index (κ3) is 7.24. The second-order valence-corrected chi connectivity index (χ2v) is 14.9. The van der Waals surface area contributed by atoms with Gasteiger partial charge in [0.1, 0.15) is 0 Å². The lowest BCUT2D eigenvalue weighted by atomic mass is 9.49. The normalized spacial score (nSPS) is 23.4. The molecule has 1 fully saturated rings. The van der Waals surface area contributed by atoms with Crippen LogP contribution in [0.3, 0.4) is 0 Å². The molecule has 244 valence electrons. The Hall–Kier alpha value is -2.53. The molecule has 3 unspecified atom stereocenters. The van der Waals surface area contributed by atoms with E-state index in [1.54, 1.807) is 0 Å². The van der Waals surface area contributed by atoms with E-state index in [0.29, 0.717) is 11.8 Å². The number of hydrogen-bond donors (Lipinski definition) is 1. The first-order valence-corrected chi connectivity index (χ1v) is 17.0. The first-order chi connectivity index (χ1) is 20.9. The number of rotatable bonds is 6. The predicted molar refractivity (Wildman–Crippen MR) is 194 cm³/mol. The number of para-hydroxylation sites is 1. The highest BCUT2D eigenvalue weighted by Gasteiger charge is 2.54. The van der Waals surface area contributed by atoms with Crippen LogP contribution in [0.25, 0.3) is 0 Å². The lowest BCUT2D eigenvalue weighted by Gasteiger charge is -2.54. The van der Waals surface area contributed by atoms with Gasteiger partial charge in [0.05, 0.1) is 0 Å². The Labute approximate surface area is 283 Å². The van der Waals surface area contributed by atoms with Gasteiger partial charge in [-0.1, -0.05) is 88.2 Å². The fourth-order valence-corrected chi connectivity index (χ4v) is 8.50. The van der Waals surface area contributed by atoms with Crippen LogP contribution >= 0.6 is 24.0 Å². The van der Waals surface area contributed by atoms with E-state index in [9.17, 15) is 4.79 Å². The number of aryl methyl sites for hydroxylation is 3. The summed E-state index contributed by atoms with van der Waals surface area (Å²) in [5.41, 5.74) is 15.4. The summed E-state index contributed by atoms with van der Waals surface area (Å²) in [5.74, 6) is 0.840. The Morgan fingerprint density at radius 2 is 1.67 bits per heavy atom. The molecule has 0 bridgehead atoms. The molecule has 4 nitrogen and oxygen atoms in total. The molecule has 3 aromatic rings. The van der Waals surface area contributed by atoms with Gasteiger partial charge < -0.3 is 15.5 Å². The van der Waals surface area contributed by atoms with Crippen LogP contribution < -0.4 is 10.6 Å². The molecule has 45 heavy (non-hydrogen) atoms. The van der Waals surface area contributed by atoms with Gasteiger partial charge in [-0.2, -0.15) is 0 Å². The third-order valence-electron chi connectivity index (χ3n) is 10.9. The molecule has 0 spiro atoms. The van der Waals surface area contributed by atoms with Crippen LogP contribution in [-0.2, 0) is 29.5 Å². The highest BCUT2D eigenvalue weighted by Crippen LogP contribution is 2.57. The molecule has 0 saturated heterocycles. The summed E-state index contributed by atoms with van der Waals surface area (Å²) in [7, 11) is 4.25. The molecule has 2 N–H and O–H groups in total. The minimum atomic E-state index is -0.346. The van der Waals surface area contributed by atoms with E-state index in [4.69, 9.17) is 17.3 Å². The summed E-state index contributed by atoms with van der Waals surface area (Å²) in [6.07, 6.45) is 8.69. The fourth-order valence-electron chi connectivity index (χ4n) is 8.34. The topological polar surface area (TPSA) is 49.6 Å². The Morgan fingerprint density at radius 3 is 2.36 bits per heavy atom. The van der Waals surface area contributed by atoms with Gasteiger partial charge in [0.2, 0.25) is 5.91 Å². The molecule has 1 heterocycles. The number of hydrogen-bond acceptors (Lipinski definition) is 3. The largest absolute Gasteiger partial charge is 0.369 e.